The van der Waals surface area contributed by atoms with E-state index < -0.39 is 42.2 Å². The Morgan fingerprint density at radius 3 is 1.86 bits per heavy atom. The summed E-state index contributed by atoms with van der Waals surface area (Å²) in [6.45, 7) is 9.32. The van der Waals surface area contributed by atoms with Crippen molar-refractivity contribution in [2.24, 2.45) is 5.73 Å². The summed E-state index contributed by atoms with van der Waals surface area (Å²) in [5.41, 5.74) is 7.27. The number of hydrogen-bond donors (Lipinski definition) is 3. The zero-order chi connectivity index (χ0) is 25.8. The number of hydrogen-bond acceptors (Lipinski definition) is 5. The van der Waals surface area contributed by atoms with E-state index in [1.807, 2.05) is 82.3 Å². The fourth-order valence-corrected chi connectivity index (χ4v) is 3.83. The van der Waals surface area contributed by atoms with Crippen LogP contribution in [0.25, 0.3) is 0 Å². The molecule has 1 saturated heterocycles. The number of nitrogens with two attached hydrogens (primary N) is 1. The van der Waals surface area contributed by atoms with Gasteiger partial charge in [0, 0.05) is 19.8 Å². The van der Waals surface area contributed by atoms with Crippen LogP contribution in [-0.4, -0.2) is 48.1 Å². The molecule has 9 heteroatoms. The molecule has 2 aromatic carbocycles. The minimum absolute atomic E-state index is 0.211. The molecule has 0 aliphatic carbocycles. The number of amides is 3. The monoisotopic (exact) mass is 479 g/mol. The highest BCUT2D eigenvalue weighted by Crippen LogP contribution is 2.36. The molecule has 1 aliphatic rings. The molecule has 0 unspecified atom stereocenters. The SMILES string of the molecule is CC(=O)N[C@H](Cc1ccccc1)C(=O)N[C@H](Cc1ccc(B2OC(C)(C)C(C)(C)O2)cc1)C(N)=O. The van der Waals surface area contributed by atoms with Crippen LogP contribution in [0.2, 0.25) is 0 Å². The van der Waals surface area contributed by atoms with Gasteiger partial charge in [-0.05, 0) is 44.3 Å². The van der Waals surface area contributed by atoms with Crippen LogP contribution in [0, 0.1) is 0 Å². The summed E-state index contributed by atoms with van der Waals surface area (Å²) in [6, 6.07) is 15.0. The summed E-state index contributed by atoms with van der Waals surface area (Å²) in [7, 11) is -0.489. The molecule has 2 atom stereocenters. The fraction of sp³-hybridized carbons (Fsp3) is 0.423. The minimum atomic E-state index is -0.933. The maximum atomic E-state index is 13.0. The van der Waals surface area contributed by atoms with Gasteiger partial charge in [0.2, 0.25) is 17.7 Å². The first-order chi connectivity index (χ1) is 16.4. The van der Waals surface area contributed by atoms with Gasteiger partial charge in [0.05, 0.1) is 11.2 Å². The van der Waals surface area contributed by atoms with Crippen molar-refractivity contribution >= 4 is 30.3 Å². The number of rotatable bonds is 9. The van der Waals surface area contributed by atoms with E-state index in [4.69, 9.17) is 15.0 Å². The molecule has 1 fully saturated rings. The second kappa shape index (κ2) is 10.6. The number of carbonyl (C=O) groups excluding carboxylic acids is 3. The first-order valence-electron chi connectivity index (χ1n) is 11.7. The van der Waals surface area contributed by atoms with Crippen molar-refractivity contribution in [2.45, 2.75) is 70.7 Å². The molecule has 186 valence electrons. The minimum Gasteiger partial charge on any atom is -0.399 e. The van der Waals surface area contributed by atoms with E-state index in [0.717, 1.165) is 16.6 Å². The molecule has 1 aliphatic heterocycles. The number of carbonyl (C=O) groups is 3. The van der Waals surface area contributed by atoms with Crippen LogP contribution in [-0.2, 0) is 36.5 Å². The molecule has 2 aromatic rings. The molecule has 4 N–H and O–H groups in total. The van der Waals surface area contributed by atoms with E-state index in [1.54, 1.807) is 0 Å². The average Bonchev–Trinajstić information content (AvgIpc) is 3.00. The molecule has 0 saturated carbocycles. The predicted octanol–water partition coefficient (Wildman–Crippen LogP) is 1.25. The van der Waals surface area contributed by atoms with Gasteiger partial charge < -0.3 is 25.7 Å². The second-order valence-corrected chi connectivity index (χ2v) is 9.94. The summed E-state index contributed by atoms with van der Waals surface area (Å²) in [5, 5.41) is 5.36. The quantitative estimate of drug-likeness (QED) is 0.468. The van der Waals surface area contributed by atoms with E-state index in [9.17, 15) is 14.4 Å². The van der Waals surface area contributed by atoms with Crippen LogP contribution in [0.5, 0.6) is 0 Å². The van der Waals surface area contributed by atoms with Crippen LogP contribution in [0.3, 0.4) is 0 Å². The Labute approximate surface area is 207 Å². The molecule has 1 heterocycles. The number of nitrogens with one attached hydrogen (secondary N) is 2. The lowest BCUT2D eigenvalue weighted by Crippen LogP contribution is -2.54. The van der Waals surface area contributed by atoms with Crippen molar-refractivity contribution in [1.29, 1.82) is 0 Å². The average molecular weight is 479 g/mol. The Kier molecular flexibility index (Phi) is 8.02. The van der Waals surface area contributed by atoms with Crippen LogP contribution < -0.4 is 21.8 Å². The van der Waals surface area contributed by atoms with Gasteiger partial charge in [-0.15, -0.1) is 0 Å². The standard InChI is InChI=1S/C26H34BN3O5/c1-17(31)29-22(16-18-9-7-6-8-10-18)24(33)30-21(23(28)32)15-19-11-13-20(14-12-19)27-34-25(2,3)26(4,5)35-27/h6-14,21-22H,15-16H2,1-5H3,(H2,28,32)(H,29,31)(H,30,33)/t21-,22-/m1/s1. The van der Waals surface area contributed by atoms with Crippen molar-refractivity contribution in [3.05, 3.63) is 65.7 Å². The lowest BCUT2D eigenvalue weighted by molar-refractivity contribution is -0.130. The van der Waals surface area contributed by atoms with Gasteiger partial charge >= 0.3 is 7.12 Å². The molecule has 3 rings (SSSR count). The Hall–Kier alpha value is -3.17. The highest BCUT2D eigenvalue weighted by Gasteiger charge is 2.51. The van der Waals surface area contributed by atoms with Crippen molar-refractivity contribution in [1.82, 2.24) is 10.6 Å². The molecule has 0 bridgehead atoms. The highest BCUT2D eigenvalue weighted by molar-refractivity contribution is 6.62. The smallest absolute Gasteiger partial charge is 0.399 e. The van der Waals surface area contributed by atoms with E-state index in [-0.39, 0.29) is 12.3 Å². The van der Waals surface area contributed by atoms with Crippen LogP contribution in [0.4, 0.5) is 0 Å². The van der Waals surface area contributed by atoms with Gasteiger partial charge in [-0.3, -0.25) is 14.4 Å². The third kappa shape index (κ3) is 6.71. The normalized spacial score (nSPS) is 17.9. The van der Waals surface area contributed by atoms with Gasteiger partial charge in [0.15, 0.2) is 0 Å². The highest BCUT2D eigenvalue weighted by atomic mass is 16.7. The van der Waals surface area contributed by atoms with E-state index in [0.29, 0.717) is 6.42 Å². The molecule has 8 nitrogen and oxygen atoms in total. The van der Waals surface area contributed by atoms with Crippen molar-refractivity contribution in [2.75, 3.05) is 0 Å². The van der Waals surface area contributed by atoms with Gasteiger partial charge in [0.25, 0.3) is 0 Å². The lowest BCUT2D eigenvalue weighted by atomic mass is 9.78. The summed E-state index contributed by atoms with van der Waals surface area (Å²) in [5.74, 6) is -1.47. The second-order valence-electron chi connectivity index (χ2n) is 9.94. The van der Waals surface area contributed by atoms with E-state index >= 15 is 0 Å². The predicted molar refractivity (Wildman–Crippen MR) is 135 cm³/mol. The van der Waals surface area contributed by atoms with E-state index in [1.165, 1.54) is 6.92 Å². The molecule has 0 radical (unpaired) electrons. The van der Waals surface area contributed by atoms with Crippen molar-refractivity contribution in [3.63, 3.8) is 0 Å². The molecule has 3 amide bonds. The summed E-state index contributed by atoms with van der Waals surface area (Å²) in [6.07, 6.45) is 0.503. The zero-order valence-corrected chi connectivity index (χ0v) is 21.0. The summed E-state index contributed by atoms with van der Waals surface area (Å²) < 4.78 is 12.2. The van der Waals surface area contributed by atoms with Crippen molar-refractivity contribution in [3.8, 4) is 0 Å². The van der Waals surface area contributed by atoms with E-state index in [2.05, 4.69) is 10.6 Å². The van der Waals surface area contributed by atoms with Crippen molar-refractivity contribution < 1.29 is 23.7 Å². The Morgan fingerprint density at radius 1 is 0.829 bits per heavy atom. The lowest BCUT2D eigenvalue weighted by Gasteiger charge is -2.32. The zero-order valence-electron chi connectivity index (χ0n) is 21.0. The van der Waals surface area contributed by atoms with Gasteiger partial charge in [-0.2, -0.15) is 0 Å². The third-order valence-corrected chi connectivity index (χ3v) is 6.58. The Morgan fingerprint density at radius 2 is 1.34 bits per heavy atom. The topological polar surface area (TPSA) is 120 Å². The molecule has 35 heavy (non-hydrogen) atoms. The largest absolute Gasteiger partial charge is 0.494 e. The first kappa shape index (κ1) is 26.4. The maximum Gasteiger partial charge on any atom is 0.494 e. The maximum absolute atomic E-state index is 13.0. The van der Waals surface area contributed by atoms with Crippen LogP contribution in [0.1, 0.15) is 45.7 Å². The third-order valence-electron chi connectivity index (χ3n) is 6.58. The van der Waals surface area contributed by atoms with Crippen LogP contribution in [0.15, 0.2) is 54.6 Å². The number of primary amides is 1. The fourth-order valence-electron chi connectivity index (χ4n) is 3.83. The Bertz CT molecular complexity index is 1040. The number of benzene rings is 2. The molecule has 0 aromatic heterocycles. The molecular weight excluding hydrogens is 445 g/mol. The Balaban J connectivity index is 1.67. The van der Waals surface area contributed by atoms with Crippen LogP contribution >= 0.6 is 0 Å². The first-order valence-corrected chi connectivity index (χ1v) is 11.7. The summed E-state index contributed by atoms with van der Waals surface area (Å²) in [4.78, 5) is 36.8. The van der Waals surface area contributed by atoms with Gasteiger partial charge in [0.1, 0.15) is 12.1 Å². The van der Waals surface area contributed by atoms with Gasteiger partial charge in [-0.25, -0.2) is 0 Å². The molecule has 0 spiro atoms. The summed E-state index contributed by atoms with van der Waals surface area (Å²) >= 11 is 0. The van der Waals surface area contributed by atoms with Gasteiger partial charge in [-0.1, -0.05) is 54.6 Å². The molecular formula is C26H34BN3O5.